The highest BCUT2D eigenvalue weighted by atomic mass is 19.4. The highest BCUT2D eigenvalue weighted by Crippen LogP contribution is 2.49. The fourth-order valence-corrected chi connectivity index (χ4v) is 12.1. The second-order valence-electron chi connectivity index (χ2n) is 21.4. The van der Waals surface area contributed by atoms with Gasteiger partial charge in [-0.2, -0.15) is 31.6 Å². The molecule has 0 amide bonds. The molecule has 0 bridgehead atoms. The summed E-state index contributed by atoms with van der Waals surface area (Å²) < 4.78 is 162. The molecule has 13 rings (SSSR count). The third kappa shape index (κ3) is 9.23. The molecule has 0 saturated carbocycles. The number of aryl methyl sites for hydroxylation is 4. The van der Waals surface area contributed by atoms with Crippen LogP contribution in [0.2, 0.25) is 0 Å². The Morgan fingerprint density at radius 1 is 0.353 bits per heavy atom. The van der Waals surface area contributed by atoms with E-state index in [-0.39, 0.29) is 71.9 Å². The smallest absolute Gasteiger partial charge is 0.307 e. The van der Waals surface area contributed by atoms with Gasteiger partial charge in [-0.25, -0.2) is 17.6 Å². The predicted octanol–water partition coefficient (Wildman–Crippen LogP) is 21.9. The maximum Gasteiger partial charge on any atom is 0.416 e. The molecule has 0 aliphatic carbocycles. The van der Waals surface area contributed by atoms with Crippen LogP contribution >= 0.6 is 0 Å². The number of fused-ring (bicyclic) bond motifs is 12. The van der Waals surface area contributed by atoms with Crippen LogP contribution in [0.25, 0.3) is 110 Å². The minimum absolute atomic E-state index is 0.00825. The number of alkyl halides is 10. The Balaban J connectivity index is 0.00000184. The van der Waals surface area contributed by atoms with Crippen LogP contribution < -0.4 is 0 Å². The van der Waals surface area contributed by atoms with Crippen molar-refractivity contribution in [2.75, 3.05) is 0 Å². The fourth-order valence-electron chi connectivity index (χ4n) is 12.1. The Morgan fingerprint density at radius 2 is 0.647 bits per heavy atom. The molecule has 0 aliphatic rings. The van der Waals surface area contributed by atoms with Crippen molar-refractivity contribution in [2.24, 2.45) is 0 Å². The van der Waals surface area contributed by atoms with E-state index < -0.39 is 52.9 Å². The molecule has 9 aromatic carbocycles. The number of nitriles is 1. The van der Waals surface area contributed by atoms with Gasteiger partial charge in [-0.3, -0.25) is 0 Å². The van der Waals surface area contributed by atoms with Crippen molar-refractivity contribution in [3.05, 3.63) is 202 Å². The van der Waals surface area contributed by atoms with E-state index in [1.54, 1.807) is 6.07 Å². The fraction of sp³-hybridized carbons (Fsp3) is 0.214. The summed E-state index contributed by atoms with van der Waals surface area (Å²) in [4.78, 5) is 0. The molecule has 0 radical (unpaired) electrons. The highest BCUT2D eigenvalue weighted by molar-refractivity contribution is 6.15. The maximum atomic E-state index is 16.2. The van der Waals surface area contributed by atoms with Crippen LogP contribution in [0.1, 0.15) is 98.0 Å². The number of hydrogen-bond acceptors (Lipinski definition) is 1. The van der Waals surface area contributed by atoms with Crippen molar-refractivity contribution in [3.8, 4) is 28.8 Å². The van der Waals surface area contributed by atoms with Gasteiger partial charge in [-0.05, 0) is 119 Å². The van der Waals surface area contributed by atoms with Gasteiger partial charge in [0.1, 0.15) is 11.6 Å². The molecule has 0 aliphatic heterocycles. The lowest BCUT2D eigenvalue weighted by atomic mass is 10.0. The van der Waals surface area contributed by atoms with Crippen LogP contribution in [0.4, 0.5) is 43.9 Å². The lowest BCUT2D eigenvalue weighted by molar-refractivity contribution is -0.138. The van der Waals surface area contributed by atoms with E-state index in [1.807, 2.05) is 137 Å². The van der Waals surface area contributed by atoms with Gasteiger partial charge in [0, 0.05) is 67.6 Å². The molecule has 432 valence electrons. The third-order valence-corrected chi connectivity index (χ3v) is 16.0. The SMILES string of the molecule is CC.CC.CCC(F)(F)c1ccc2c3ccc(C(F)(F)F)cc3n(-c3cc(-n4c5cc(C(C)(F)F)ccc5c5ccc(C(F)(F)F)cc54)c(-n4c5ccc(C)cc5c5cc(C)ccc54)c(C#N)c3-n3c4ccc(C)cc4c4cc(C)ccc43)c2c1. The number of aromatic nitrogens is 4. The Bertz CT molecular complexity index is 4720. The predicted molar refractivity (Wildman–Crippen MR) is 324 cm³/mol. The summed E-state index contributed by atoms with van der Waals surface area (Å²) in [7, 11) is 0. The van der Waals surface area contributed by atoms with Crippen LogP contribution in [0.15, 0.2) is 152 Å². The van der Waals surface area contributed by atoms with Gasteiger partial charge in [0.15, 0.2) is 0 Å². The number of halogens is 10. The maximum absolute atomic E-state index is 16.2. The van der Waals surface area contributed by atoms with Crippen molar-refractivity contribution in [2.45, 2.75) is 99.9 Å². The zero-order chi connectivity index (χ0) is 61.1. The first-order valence-corrected chi connectivity index (χ1v) is 28.1. The highest BCUT2D eigenvalue weighted by Gasteiger charge is 2.37. The molecule has 85 heavy (non-hydrogen) atoms. The molecule has 0 fully saturated rings. The van der Waals surface area contributed by atoms with Crippen molar-refractivity contribution in [3.63, 3.8) is 0 Å². The summed E-state index contributed by atoms with van der Waals surface area (Å²) in [5, 5.41) is 16.4. The lowest BCUT2D eigenvalue weighted by Gasteiger charge is -2.26. The molecule has 0 saturated heterocycles. The lowest BCUT2D eigenvalue weighted by Crippen LogP contribution is -2.15. The molecule has 0 unspecified atom stereocenters. The van der Waals surface area contributed by atoms with Gasteiger partial charge in [0.2, 0.25) is 0 Å². The van der Waals surface area contributed by atoms with Crippen molar-refractivity contribution >= 4 is 87.2 Å². The number of hydrogen-bond donors (Lipinski definition) is 0. The van der Waals surface area contributed by atoms with Crippen LogP contribution in [0, 0.1) is 39.0 Å². The summed E-state index contributed by atoms with van der Waals surface area (Å²) in [6, 6.07) is 40.7. The zero-order valence-corrected chi connectivity index (χ0v) is 48.2. The van der Waals surface area contributed by atoms with E-state index in [1.165, 1.54) is 64.6 Å². The summed E-state index contributed by atoms with van der Waals surface area (Å²) >= 11 is 0. The summed E-state index contributed by atoms with van der Waals surface area (Å²) in [5.74, 6) is -6.91. The van der Waals surface area contributed by atoms with E-state index >= 15 is 43.9 Å². The third-order valence-electron chi connectivity index (χ3n) is 16.0. The molecule has 4 aromatic heterocycles. The average molecular weight is 1160 g/mol. The topological polar surface area (TPSA) is 43.5 Å². The van der Waals surface area contributed by atoms with Crippen molar-refractivity contribution in [1.82, 2.24) is 18.3 Å². The van der Waals surface area contributed by atoms with E-state index in [4.69, 9.17) is 0 Å². The zero-order valence-electron chi connectivity index (χ0n) is 48.2. The molecule has 13 aromatic rings. The van der Waals surface area contributed by atoms with Crippen LogP contribution in [-0.4, -0.2) is 18.3 Å². The van der Waals surface area contributed by atoms with Crippen LogP contribution in [-0.2, 0) is 24.2 Å². The molecule has 5 nitrogen and oxygen atoms in total. The Morgan fingerprint density at radius 3 is 0.941 bits per heavy atom. The van der Waals surface area contributed by atoms with E-state index in [9.17, 15) is 5.26 Å². The number of nitrogens with zero attached hydrogens (tertiary/aromatic N) is 5. The second-order valence-corrected chi connectivity index (χ2v) is 21.4. The molecule has 4 heterocycles. The van der Waals surface area contributed by atoms with Gasteiger partial charge in [0.25, 0.3) is 11.8 Å². The van der Waals surface area contributed by atoms with Gasteiger partial charge in [0.05, 0.1) is 78.0 Å². The first-order valence-electron chi connectivity index (χ1n) is 28.1. The first kappa shape index (κ1) is 57.8. The summed E-state index contributed by atoms with van der Waals surface area (Å²) in [6.07, 6.45) is -10.5. The number of rotatable bonds is 7. The molecular weight excluding hydrogens is 1100 g/mol. The molecule has 0 N–H and O–H groups in total. The molecule has 0 atom stereocenters. The normalized spacial score (nSPS) is 12.5. The minimum Gasteiger partial charge on any atom is -0.307 e. The quantitative estimate of drug-likeness (QED) is 0.147. The van der Waals surface area contributed by atoms with E-state index in [0.29, 0.717) is 29.0 Å². The van der Waals surface area contributed by atoms with Gasteiger partial charge >= 0.3 is 12.4 Å². The molecular formula is C70H57F10N5. The van der Waals surface area contributed by atoms with Crippen LogP contribution in [0.5, 0.6) is 0 Å². The number of benzene rings is 9. The van der Waals surface area contributed by atoms with Crippen molar-refractivity contribution < 1.29 is 43.9 Å². The van der Waals surface area contributed by atoms with Gasteiger partial charge < -0.3 is 18.3 Å². The van der Waals surface area contributed by atoms with E-state index in [2.05, 4.69) is 6.07 Å². The molecule has 15 heteroatoms. The Labute approximate surface area is 483 Å². The van der Waals surface area contributed by atoms with Crippen LogP contribution in [0.3, 0.4) is 0 Å². The Kier molecular flexibility index (Phi) is 14.0. The standard InChI is InChI=1S/C66H45F10N5.2C2H6/c1-7-64(69,70)39-13-17-43-45-19-15-41(66(74,75)76)31-58(45)79(56(43)29-39)60-32-59(78-55-28-38(63(6,67)68)12-16-42(55)44-18-14-40(30-57(44)78)65(71,72)73)61(80-51-20-8-34(2)24-46(51)47-25-35(3)9-21-52(47)80)50(33-77)62(60)81-53-22-10-36(4)26-48(53)49-27-37(5)11-23-54(49)81;2*1-2/h8-32H,7H2,1-6H3;2*1-2H3. The van der Waals surface area contributed by atoms with E-state index in [0.717, 1.165) is 68.1 Å². The monoisotopic (exact) mass is 1160 g/mol. The van der Waals surface area contributed by atoms with Gasteiger partial charge in [-0.15, -0.1) is 0 Å². The molecule has 0 spiro atoms. The first-order chi connectivity index (χ1) is 40.4. The summed E-state index contributed by atoms with van der Waals surface area (Å²) in [6.45, 7) is 17.7. The summed E-state index contributed by atoms with van der Waals surface area (Å²) in [5.41, 5.74) is 2.28. The average Bonchev–Trinajstić information content (AvgIpc) is 1.65. The van der Waals surface area contributed by atoms with Gasteiger partial charge in [-0.1, -0.05) is 118 Å². The minimum atomic E-state index is -4.92. The second kappa shape index (κ2) is 20.6. The Hall–Kier alpha value is -9.03. The van der Waals surface area contributed by atoms with Crippen molar-refractivity contribution in [1.29, 1.82) is 5.26 Å². The largest absolute Gasteiger partial charge is 0.416 e.